The number of benzene rings is 3. The lowest BCUT2D eigenvalue weighted by Gasteiger charge is -2.10. The van der Waals surface area contributed by atoms with E-state index in [4.69, 9.17) is 11.6 Å². The fourth-order valence-electron chi connectivity index (χ4n) is 3.10. The van der Waals surface area contributed by atoms with Gasteiger partial charge in [-0.15, -0.1) is 10.2 Å². The molecular weight excluding hydrogens is 442 g/mol. The fourth-order valence-corrected chi connectivity index (χ4v) is 4.11. The Labute approximate surface area is 194 Å². The number of anilines is 1. The zero-order valence-electron chi connectivity index (χ0n) is 16.9. The maximum absolute atomic E-state index is 12.4. The quantitative estimate of drug-likeness (QED) is 0.365. The molecule has 0 aliphatic heterocycles. The van der Waals surface area contributed by atoms with E-state index < -0.39 is 0 Å². The molecule has 4 rings (SSSR count). The van der Waals surface area contributed by atoms with Gasteiger partial charge in [0.2, 0.25) is 5.91 Å². The van der Waals surface area contributed by atoms with Gasteiger partial charge in [-0.25, -0.2) is 0 Å². The summed E-state index contributed by atoms with van der Waals surface area (Å²) in [6.07, 6.45) is 0.266. The van der Waals surface area contributed by atoms with Gasteiger partial charge in [0.15, 0.2) is 11.0 Å². The second kappa shape index (κ2) is 10.1. The molecule has 0 spiro atoms. The molecule has 0 aliphatic rings. The van der Waals surface area contributed by atoms with E-state index in [1.165, 1.54) is 11.8 Å². The maximum atomic E-state index is 12.4. The van der Waals surface area contributed by atoms with Crippen LogP contribution in [-0.4, -0.2) is 26.4 Å². The van der Waals surface area contributed by atoms with Crippen molar-refractivity contribution >= 4 is 35.0 Å². The van der Waals surface area contributed by atoms with Crippen LogP contribution in [0.25, 0.3) is 17.1 Å². The molecule has 1 heterocycles. The van der Waals surface area contributed by atoms with Crippen LogP contribution >= 0.6 is 23.4 Å². The summed E-state index contributed by atoms with van der Waals surface area (Å²) in [5, 5.41) is 22.1. The van der Waals surface area contributed by atoms with E-state index in [1.807, 2.05) is 59.2 Å². The average molecular weight is 460 g/mol. The van der Waals surface area contributed by atoms with Gasteiger partial charge in [-0.05, 0) is 48.5 Å². The molecule has 0 unspecified atom stereocenters. The smallest absolute Gasteiger partial charge is 0.225 e. The monoisotopic (exact) mass is 459 g/mol. The third-order valence-electron chi connectivity index (χ3n) is 4.63. The molecule has 32 heavy (non-hydrogen) atoms. The summed E-state index contributed by atoms with van der Waals surface area (Å²) in [7, 11) is 0. The van der Waals surface area contributed by atoms with Crippen molar-refractivity contribution in [3.8, 4) is 23.1 Å². The van der Waals surface area contributed by atoms with Crippen molar-refractivity contribution in [2.24, 2.45) is 0 Å². The van der Waals surface area contributed by atoms with Crippen LogP contribution in [0.1, 0.15) is 12.0 Å². The van der Waals surface area contributed by atoms with E-state index in [2.05, 4.69) is 21.6 Å². The largest absolute Gasteiger partial charge is 0.325 e. The molecule has 0 radical (unpaired) electrons. The first-order chi connectivity index (χ1) is 15.7. The minimum Gasteiger partial charge on any atom is -0.325 e. The number of nitriles is 1. The van der Waals surface area contributed by atoms with E-state index >= 15 is 0 Å². The first-order valence-corrected chi connectivity index (χ1v) is 11.2. The molecule has 3 aromatic carbocycles. The number of aromatic nitrogens is 3. The number of thioether (sulfide) groups is 1. The van der Waals surface area contributed by atoms with Gasteiger partial charge in [-0.3, -0.25) is 9.36 Å². The van der Waals surface area contributed by atoms with E-state index in [9.17, 15) is 10.1 Å². The number of rotatable bonds is 7. The number of nitrogens with zero attached hydrogens (tertiary/aromatic N) is 4. The predicted octanol–water partition coefficient (Wildman–Crippen LogP) is 5.58. The summed E-state index contributed by atoms with van der Waals surface area (Å²) < 4.78 is 1.97. The third-order valence-corrected chi connectivity index (χ3v) is 5.81. The second-order valence-corrected chi connectivity index (χ2v) is 8.29. The highest BCUT2D eigenvalue weighted by molar-refractivity contribution is 7.99. The summed E-state index contributed by atoms with van der Waals surface area (Å²) >= 11 is 7.48. The van der Waals surface area contributed by atoms with Gasteiger partial charge in [-0.1, -0.05) is 53.7 Å². The number of halogens is 1. The highest BCUT2D eigenvalue weighted by atomic mass is 35.5. The number of para-hydroxylation sites is 2. The number of carbonyl (C=O) groups is 1. The Morgan fingerprint density at radius 1 is 1.00 bits per heavy atom. The molecule has 158 valence electrons. The van der Waals surface area contributed by atoms with Crippen molar-refractivity contribution in [3.63, 3.8) is 0 Å². The molecular formula is C24H18ClN5OS. The Hall–Kier alpha value is -3.60. The summed E-state index contributed by atoms with van der Waals surface area (Å²) in [6.45, 7) is 0. The maximum Gasteiger partial charge on any atom is 0.225 e. The number of amides is 1. The number of carbonyl (C=O) groups excluding carboxylic acids is 1. The number of hydrogen-bond donors (Lipinski definition) is 1. The minimum absolute atomic E-state index is 0.163. The van der Waals surface area contributed by atoms with Crippen LogP contribution in [0.3, 0.4) is 0 Å². The van der Waals surface area contributed by atoms with Crippen molar-refractivity contribution in [1.29, 1.82) is 5.26 Å². The molecule has 0 atom stereocenters. The van der Waals surface area contributed by atoms with Gasteiger partial charge in [0, 0.05) is 28.4 Å². The van der Waals surface area contributed by atoms with Gasteiger partial charge in [0.25, 0.3) is 0 Å². The topological polar surface area (TPSA) is 83.6 Å². The van der Waals surface area contributed by atoms with E-state index in [0.717, 1.165) is 11.3 Å². The zero-order valence-corrected chi connectivity index (χ0v) is 18.5. The van der Waals surface area contributed by atoms with Crippen molar-refractivity contribution in [1.82, 2.24) is 14.8 Å². The van der Waals surface area contributed by atoms with Crippen LogP contribution < -0.4 is 5.32 Å². The van der Waals surface area contributed by atoms with Crippen molar-refractivity contribution in [3.05, 3.63) is 89.4 Å². The Balaban J connectivity index is 1.51. The van der Waals surface area contributed by atoms with Gasteiger partial charge in [-0.2, -0.15) is 5.26 Å². The van der Waals surface area contributed by atoms with Crippen LogP contribution in [-0.2, 0) is 4.79 Å². The molecule has 4 aromatic rings. The molecule has 0 aliphatic carbocycles. The summed E-state index contributed by atoms with van der Waals surface area (Å²) in [5.74, 6) is 1.04. The van der Waals surface area contributed by atoms with Gasteiger partial charge < -0.3 is 5.32 Å². The highest BCUT2D eigenvalue weighted by Crippen LogP contribution is 2.29. The lowest BCUT2D eigenvalue weighted by Crippen LogP contribution is -2.13. The molecule has 1 amide bonds. The van der Waals surface area contributed by atoms with Crippen molar-refractivity contribution in [2.75, 3.05) is 11.1 Å². The standard InChI is InChI=1S/C24H18ClN5OS/c25-19-12-10-17(11-13-19)23-28-29-24(30(23)20-7-2-1-3-8-20)32-15-14-22(31)27-21-9-5-4-6-18(21)16-26/h1-13H,14-15H2,(H,27,31). The molecule has 0 saturated heterocycles. The summed E-state index contributed by atoms with van der Waals surface area (Å²) in [4.78, 5) is 12.4. The SMILES string of the molecule is N#Cc1ccccc1NC(=O)CCSc1nnc(-c2ccc(Cl)cc2)n1-c1ccccc1. The van der Waals surface area contributed by atoms with Gasteiger partial charge in [0.1, 0.15) is 6.07 Å². The first-order valence-electron chi connectivity index (χ1n) is 9.84. The van der Waals surface area contributed by atoms with Crippen LogP contribution in [0.2, 0.25) is 5.02 Å². The van der Waals surface area contributed by atoms with Gasteiger partial charge in [0.05, 0.1) is 11.3 Å². The molecule has 0 saturated carbocycles. The van der Waals surface area contributed by atoms with E-state index in [-0.39, 0.29) is 12.3 Å². The Bertz CT molecular complexity index is 1270. The van der Waals surface area contributed by atoms with Crippen molar-refractivity contribution in [2.45, 2.75) is 11.6 Å². The zero-order chi connectivity index (χ0) is 22.3. The minimum atomic E-state index is -0.163. The molecule has 6 nitrogen and oxygen atoms in total. The molecule has 0 fully saturated rings. The van der Waals surface area contributed by atoms with Crippen LogP contribution in [0.15, 0.2) is 84.0 Å². The predicted molar refractivity (Wildman–Crippen MR) is 127 cm³/mol. The Morgan fingerprint density at radius 2 is 1.72 bits per heavy atom. The number of nitrogens with one attached hydrogen (secondary N) is 1. The molecule has 1 N–H and O–H groups in total. The first kappa shape index (κ1) is 21.6. The van der Waals surface area contributed by atoms with Crippen LogP contribution in [0, 0.1) is 11.3 Å². The molecule has 0 bridgehead atoms. The van der Waals surface area contributed by atoms with E-state index in [0.29, 0.717) is 33.0 Å². The lowest BCUT2D eigenvalue weighted by molar-refractivity contribution is -0.115. The Kier molecular flexibility index (Phi) is 6.85. The normalized spacial score (nSPS) is 10.5. The molecule has 8 heteroatoms. The van der Waals surface area contributed by atoms with Crippen LogP contribution in [0.5, 0.6) is 0 Å². The second-order valence-electron chi connectivity index (χ2n) is 6.79. The Morgan fingerprint density at radius 3 is 2.47 bits per heavy atom. The molecule has 1 aromatic heterocycles. The number of hydrogen-bond acceptors (Lipinski definition) is 5. The van der Waals surface area contributed by atoms with Gasteiger partial charge >= 0.3 is 0 Å². The van der Waals surface area contributed by atoms with E-state index in [1.54, 1.807) is 24.3 Å². The summed E-state index contributed by atoms with van der Waals surface area (Å²) in [5.41, 5.74) is 2.77. The summed E-state index contributed by atoms with van der Waals surface area (Å²) in [6, 6.07) is 26.3. The van der Waals surface area contributed by atoms with Crippen molar-refractivity contribution < 1.29 is 4.79 Å². The average Bonchev–Trinajstić information content (AvgIpc) is 3.24. The third kappa shape index (κ3) is 4.99. The highest BCUT2D eigenvalue weighted by Gasteiger charge is 2.16. The van der Waals surface area contributed by atoms with Crippen LogP contribution in [0.4, 0.5) is 5.69 Å². The fraction of sp³-hybridized carbons (Fsp3) is 0.0833. The lowest BCUT2D eigenvalue weighted by atomic mass is 10.2.